The molecule has 0 aliphatic heterocycles. The van der Waals surface area contributed by atoms with Crippen LogP contribution in [0.2, 0.25) is 0 Å². The zero-order chi connectivity index (χ0) is 18.4. The van der Waals surface area contributed by atoms with Crippen LogP contribution in [0.5, 0.6) is 11.5 Å². The molecule has 134 valence electrons. The van der Waals surface area contributed by atoms with Gasteiger partial charge in [-0.2, -0.15) is 0 Å². The number of aliphatic hydroxyl groups excluding tert-OH is 1. The minimum absolute atomic E-state index is 0.0763. The molecule has 0 aromatic heterocycles. The highest BCUT2D eigenvalue weighted by Crippen LogP contribution is 2.42. The highest BCUT2D eigenvalue weighted by Gasteiger charge is 2.35. The standard InChI is InChI=1S/C23H24O3/c1-25-21-12-8-19(9-13-21)23(16-17-24,18-6-4-3-5-7-18)20-10-14-22(26-2)15-11-20/h3-15,24H,16-17H2,1-2H3. The number of methoxy groups -OCH3 is 2. The molecule has 3 heteroatoms. The molecule has 0 aliphatic carbocycles. The molecule has 0 heterocycles. The first-order chi connectivity index (χ1) is 12.7. The molecule has 0 bridgehead atoms. The summed E-state index contributed by atoms with van der Waals surface area (Å²) in [6.07, 6.45) is 0.579. The SMILES string of the molecule is COc1ccc(C(CCO)(c2ccccc2)c2ccc(OC)cc2)cc1. The van der Waals surface area contributed by atoms with Gasteiger partial charge >= 0.3 is 0 Å². The molecule has 0 aliphatic rings. The van der Waals surface area contributed by atoms with Gasteiger partial charge in [-0.1, -0.05) is 54.6 Å². The molecule has 0 atom stereocenters. The molecule has 3 nitrogen and oxygen atoms in total. The van der Waals surface area contributed by atoms with Gasteiger partial charge in [0, 0.05) is 12.0 Å². The second-order valence-electron chi connectivity index (χ2n) is 6.20. The lowest BCUT2D eigenvalue weighted by Gasteiger charge is -2.35. The summed E-state index contributed by atoms with van der Waals surface area (Å²) in [6.45, 7) is 0.0763. The summed E-state index contributed by atoms with van der Waals surface area (Å²) in [5.41, 5.74) is 2.92. The van der Waals surface area contributed by atoms with Crippen LogP contribution in [0.4, 0.5) is 0 Å². The first kappa shape index (κ1) is 18.0. The van der Waals surface area contributed by atoms with Gasteiger partial charge in [0.25, 0.3) is 0 Å². The predicted octanol–water partition coefficient (Wildman–Crippen LogP) is 4.42. The molecule has 26 heavy (non-hydrogen) atoms. The molecule has 0 saturated heterocycles. The molecule has 3 aromatic rings. The van der Waals surface area contributed by atoms with Crippen LogP contribution in [0.25, 0.3) is 0 Å². The third-order valence-corrected chi connectivity index (χ3v) is 4.92. The van der Waals surface area contributed by atoms with E-state index in [1.54, 1.807) is 14.2 Å². The Labute approximate surface area is 154 Å². The van der Waals surface area contributed by atoms with Gasteiger partial charge in [0.15, 0.2) is 0 Å². The lowest BCUT2D eigenvalue weighted by molar-refractivity contribution is 0.265. The molecule has 0 unspecified atom stereocenters. The van der Waals surface area contributed by atoms with E-state index < -0.39 is 5.41 Å². The van der Waals surface area contributed by atoms with Crippen molar-refractivity contribution < 1.29 is 14.6 Å². The highest BCUT2D eigenvalue weighted by atomic mass is 16.5. The van der Waals surface area contributed by atoms with Gasteiger partial charge < -0.3 is 14.6 Å². The smallest absolute Gasteiger partial charge is 0.118 e. The average Bonchev–Trinajstić information content (AvgIpc) is 2.73. The monoisotopic (exact) mass is 348 g/mol. The summed E-state index contributed by atoms with van der Waals surface area (Å²) in [4.78, 5) is 0. The minimum Gasteiger partial charge on any atom is -0.497 e. The fourth-order valence-corrected chi connectivity index (χ4v) is 3.57. The Bertz CT molecular complexity index is 761. The quantitative estimate of drug-likeness (QED) is 0.642. The maximum atomic E-state index is 9.94. The van der Waals surface area contributed by atoms with Crippen molar-refractivity contribution in [2.24, 2.45) is 0 Å². The third kappa shape index (κ3) is 3.31. The van der Waals surface area contributed by atoms with Crippen molar-refractivity contribution in [1.29, 1.82) is 0 Å². The van der Waals surface area contributed by atoms with Crippen LogP contribution in [0.15, 0.2) is 78.9 Å². The summed E-state index contributed by atoms with van der Waals surface area (Å²) >= 11 is 0. The largest absolute Gasteiger partial charge is 0.497 e. The first-order valence-electron chi connectivity index (χ1n) is 8.70. The van der Waals surface area contributed by atoms with Crippen LogP contribution in [0, 0.1) is 0 Å². The number of ether oxygens (including phenoxy) is 2. The maximum absolute atomic E-state index is 9.94. The molecule has 3 aromatic carbocycles. The van der Waals surface area contributed by atoms with Gasteiger partial charge in [-0.05, 0) is 47.4 Å². The first-order valence-corrected chi connectivity index (χ1v) is 8.70. The highest BCUT2D eigenvalue weighted by molar-refractivity contribution is 5.52. The van der Waals surface area contributed by atoms with E-state index in [4.69, 9.17) is 9.47 Å². The maximum Gasteiger partial charge on any atom is 0.118 e. The summed E-state index contributed by atoms with van der Waals surface area (Å²) in [5, 5.41) is 9.94. The van der Waals surface area contributed by atoms with E-state index in [1.807, 2.05) is 42.5 Å². The zero-order valence-electron chi connectivity index (χ0n) is 15.2. The van der Waals surface area contributed by atoms with E-state index >= 15 is 0 Å². The number of aliphatic hydroxyl groups is 1. The molecule has 3 rings (SSSR count). The van der Waals surface area contributed by atoms with E-state index in [0.717, 1.165) is 28.2 Å². The summed E-state index contributed by atoms with van der Waals surface area (Å²) in [6, 6.07) is 26.5. The number of hydrogen-bond acceptors (Lipinski definition) is 3. The van der Waals surface area contributed by atoms with E-state index in [-0.39, 0.29) is 6.61 Å². The van der Waals surface area contributed by atoms with Crippen molar-refractivity contribution >= 4 is 0 Å². The Morgan fingerprint density at radius 2 is 1.08 bits per heavy atom. The van der Waals surface area contributed by atoms with E-state index in [1.165, 1.54) is 0 Å². The van der Waals surface area contributed by atoms with Crippen LogP contribution in [0.1, 0.15) is 23.1 Å². The topological polar surface area (TPSA) is 38.7 Å². The number of benzene rings is 3. The Hall–Kier alpha value is -2.78. The van der Waals surface area contributed by atoms with Gasteiger partial charge in [-0.15, -0.1) is 0 Å². The minimum atomic E-state index is -0.450. The summed E-state index contributed by atoms with van der Waals surface area (Å²) in [5.74, 6) is 1.63. The molecule has 0 fully saturated rings. The van der Waals surface area contributed by atoms with Crippen molar-refractivity contribution in [1.82, 2.24) is 0 Å². The van der Waals surface area contributed by atoms with Gasteiger partial charge in [0.05, 0.1) is 14.2 Å². The van der Waals surface area contributed by atoms with Crippen LogP contribution >= 0.6 is 0 Å². The van der Waals surface area contributed by atoms with Crippen molar-refractivity contribution in [3.05, 3.63) is 95.6 Å². The van der Waals surface area contributed by atoms with E-state index in [2.05, 4.69) is 36.4 Å². The third-order valence-electron chi connectivity index (χ3n) is 4.92. The normalized spacial score (nSPS) is 11.2. The second kappa shape index (κ2) is 8.07. The lowest BCUT2D eigenvalue weighted by atomic mass is 9.67. The molecule has 0 radical (unpaired) electrons. The Morgan fingerprint density at radius 1 is 0.654 bits per heavy atom. The molecule has 0 spiro atoms. The Morgan fingerprint density at radius 3 is 1.46 bits per heavy atom. The fourth-order valence-electron chi connectivity index (χ4n) is 3.57. The van der Waals surface area contributed by atoms with Crippen molar-refractivity contribution in [3.63, 3.8) is 0 Å². The predicted molar refractivity (Wildman–Crippen MR) is 104 cm³/mol. The molecular formula is C23H24O3. The zero-order valence-corrected chi connectivity index (χ0v) is 15.2. The van der Waals surface area contributed by atoms with E-state index in [9.17, 15) is 5.11 Å². The number of hydrogen-bond donors (Lipinski definition) is 1. The van der Waals surface area contributed by atoms with Crippen molar-refractivity contribution in [3.8, 4) is 11.5 Å². The van der Waals surface area contributed by atoms with Gasteiger partial charge in [0.2, 0.25) is 0 Å². The molecule has 1 N–H and O–H groups in total. The van der Waals surface area contributed by atoms with Crippen molar-refractivity contribution in [2.45, 2.75) is 11.8 Å². The fraction of sp³-hybridized carbons (Fsp3) is 0.217. The summed E-state index contributed by atoms with van der Waals surface area (Å²) in [7, 11) is 3.33. The van der Waals surface area contributed by atoms with Gasteiger partial charge in [-0.3, -0.25) is 0 Å². The molecule has 0 amide bonds. The Balaban J connectivity index is 2.23. The molecule has 0 saturated carbocycles. The van der Waals surface area contributed by atoms with Crippen LogP contribution in [-0.4, -0.2) is 25.9 Å². The molecular weight excluding hydrogens is 324 g/mol. The number of rotatable bonds is 7. The Kier molecular flexibility index (Phi) is 5.59. The van der Waals surface area contributed by atoms with E-state index in [0.29, 0.717) is 6.42 Å². The van der Waals surface area contributed by atoms with Crippen LogP contribution < -0.4 is 9.47 Å². The van der Waals surface area contributed by atoms with Crippen molar-refractivity contribution in [2.75, 3.05) is 20.8 Å². The average molecular weight is 348 g/mol. The second-order valence-corrected chi connectivity index (χ2v) is 6.20. The van der Waals surface area contributed by atoms with Gasteiger partial charge in [0.1, 0.15) is 11.5 Å². The van der Waals surface area contributed by atoms with Gasteiger partial charge in [-0.25, -0.2) is 0 Å². The van der Waals surface area contributed by atoms with Crippen LogP contribution in [-0.2, 0) is 5.41 Å². The summed E-state index contributed by atoms with van der Waals surface area (Å²) < 4.78 is 10.6. The van der Waals surface area contributed by atoms with Crippen LogP contribution in [0.3, 0.4) is 0 Å². The lowest BCUT2D eigenvalue weighted by Crippen LogP contribution is -2.30.